The molecule has 0 bridgehead atoms. The normalized spacial score (nSPS) is 14.5. The largest absolute Gasteiger partial charge is 0.481 e. The summed E-state index contributed by atoms with van der Waals surface area (Å²) in [5, 5.41) is 8.95. The first-order valence-electron chi connectivity index (χ1n) is 8.62. The molecule has 6 heteroatoms. The van der Waals surface area contributed by atoms with Gasteiger partial charge in [0, 0.05) is 5.56 Å². The number of nitrogens with zero attached hydrogens (tertiary/aromatic N) is 1. The van der Waals surface area contributed by atoms with Gasteiger partial charge in [-0.15, -0.1) is 0 Å². The Morgan fingerprint density at radius 1 is 1.42 bits per heavy atom. The topological polar surface area (TPSA) is 93.0 Å². The van der Waals surface area contributed by atoms with E-state index in [-0.39, 0.29) is 18.9 Å². The standard InChI is InChI=1S/C20H23NO5/c1-5-14-13(4)16-9-26-20(25)18(16)19(21-10-22)15(14)7-6-11(2)12(3)8-17(23)24/h6,12H,5,7-9H2,1-4H3,(H,23,24). The number of carboxylic acids is 1. The van der Waals surface area contributed by atoms with Gasteiger partial charge in [0.1, 0.15) is 6.61 Å². The molecular weight excluding hydrogens is 334 g/mol. The number of ether oxygens (including phenoxy) is 1. The molecule has 0 amide bonds. The van der Waals surface area contributed by atoms with E-state index < -0.39 is 11.9 Å². The van der Waals surface area contributed by atoms with Crippen molar-refractivity contribution >= 4 is 23.7 Å². The molecule has 0 saturated carbocycles. The first-order valence-corrected chi connectivity index (χ1v) is 8.62. The SMILES string of the molecule is CCc1c(C)c2c(c(N=C=O)c1CC=C(C)C(C)CC(=O)O)C(=O)OC2. The van der Waals surface area contributed by atoms with Crippen LogP contribution in [0.1, 0.15) is 59.8 Å². The van der Waals surface area contributed by atoms with Crippen molar-refractivity contribution in [3.05, 3.63) is 39.5 Å². The Bertz CT molecular complexity index is 831. The van der Waals surface area contributed by atoms with Crippen molar-refractivity contribution < 1.29 is 24.2 Å². The minimum absolute atomic E-state index is 0.0534. The van der Waals surface area contributed by atoms with Crippen LogP contribution in [-0.2, 0) is 33.8 Å². The fourth-order valence-corrected chi connectivity index (χ4v) is 3.40. The minimum Gasteiger partial charge on any atom is -0.481 e. The highest BCUT2D eigenvalue weighted by molar-refractivity contribution is 6.00. The number of hydrogen-bond donors (Lipinski definition) is 1. The fourth-order valence-electron chi connectivity index (χ4n) is 3.40. The molecule has 0 fully saturated rings. The Balaban J connectivity index is 2.55. The highest BCUT2D eigenvalue weighted by atomic mass is 16.5. The fraction of sp³-hybridized carbons (Fsp3) is 0.450. The zero-order chi connectivity index (χ0) is 19.4. The summed E-state index contributed by atoms with van der Waals surface area (Å²) in [5.74, 6) is -1.42. The Labute approximate surface area is 152 Å². The van der Waals surface area contributed by atoms with Crippen molar-refractivity contribution in [1.82, 2.24) is 0 Å². The summed E-state index contributed by atoms with van der Waals surface area (Å²) in [6.45, 7) is 7.89. The quantitative estimate of drug-likeness (QED) is 0.347. The van der Waals surface area contributed by atoms with E-state index in [2.05, 4.69) is 4.99 Å². The van der Waals surface area contributed by atoms with E-state index in [1.165, 1.54) is 0 Å². The number of cyclic esters (lactones) is 1. The first-order chi connectivity index (χ1) is 12.3. The van der Waals surface area contributed by atoms with Gasteiger partial charge in [-0.05, 0) is 49.3 Å². The number of rotatable bonds is 7. The lowest BCUT2D eigenvalue weighted by Gasteiger charge is -2.17. The van der Waals surface area contributed by atoms with Crippen molar-refractivity contribution in [3.63, 3.8) is 0 Å². The van der Waals surface area contributed by atoms with E-state index >= 15 is 0 Å². The number of aliphatic carboxylic acids is 1. The molecular formula is C20H23NO5. The lowest BCUT2D eigenvalue weighted by molar-refractivity contribution is -0.137. The highest BCUT2D eigenvalue weighted by Crippen LogP contribution is 2.39. The number of carboxylic acid groups (broad SMARTS) is 1. The molecule has 6 nitrogen and oxygen atoms in total. The second kappa shape index (κ2) is 8.11. The number of fused-ring (bicyclic) bond motifs is 1. The van der Waals surface area contributed by atoms with E-state index in [1.807, 2.05) is 33.8 Å². The average molecular weight is 357 g/mol. The lowest BCUT2D eigenvalue weighted by Crippen LogP contribution is -2.07. The molecule has 1 unspecified atom stereocenters. The van der Waals surface area contributed by atoms with Gasteiger partial charge in [-0.25, -0.2) is 9.59 Å². The molecule has 1 atom stereocenters. The predicted molar refractivity (Wildman–Crippen MR) is 96.3 cm³/mol. The number of benzene rings is 1. The zero-order valence-electron chi connectivity index (χ0n) is 15.5. The van der Waals surface area contributed by atoms with Crippen molar-refractivity contribution in [1.29, 1.82) is 0 Å². The van der Waals surface area contributed by atoms with Crippen molar-refractivity contribution in [3.8, 4) is 0 Å². The number of allylic oxidation sites excluding steroid dienone is 2. The molecule has 1 N–H and O–H groups in total. The number of carbonyl (C=O) groups is 2. The summed E-state index contributed by atoms with van der Waals surface area (Å²) < 4.78 is 5.14. The van der Waals surface area contributed by atoms with Crippen LogP contribution in [0.5, 0.6) is 0 Å². The maximum absolute atomic E-state index is 12.1. The second-order valence-corrected chi connectivity index (χ2v) is 6.57. The number of esters is 1. The van der Waals surface area contributed by atoms with Gasteiger partial charge >= 0.3 is 11.9 Å². The second-order valence-electron chi connectivity index (χ2n) is 6.57. The molecule has 0 aromatic heterocycles. The zero-order valence-corrected chi connectivity index (χ0v) is 15.5. The predicted octanol–water partition coefficient (Wildman–Crippen LogP) is 3.79. The smallest absolute Gasteiger partial charge is 0.341 e. The first kappa shape index (κ1) is 19.6. The van der Waals surface area contributed by atoms with E-state index in [0.717, 1.165) is 34.2 Å². The number of carbonyl (C=O) groups excluding carboxylic acids is 2. The third-order valence-electron chi connectivity index (χ3n) is 5.04. The van der Waals surface area contributed by atoms with Crippen LogP contribution < -0.4 is 0 Å². The summed E-state index contributed by atoms with van der Waals surface area (Å²) >= 11 is 0. The third kappa shape index (κ3) is 3.75. The van der Waals surface area contributed by atoms with Crippen molar-refractivity contribution in [2.45, 2.75) is 53.6 Å². The third-order valence-corrected chi connectivity index (χ3v) is 5.04. The van der Waals surface area contributed by atoms with Crippen LogP contribution in [0.4, 0.5) is 5.69 Å². The van der Waals surface area contributed by atoms with E-state index in [1.54, 1.807) is 6.08 Å². The van der Waals surface area contributed by atoms with Gasteiger partial charge in [0.15, 0.2) is 0 Å². The van der Waals surface area contributed by atoms with Crippen LogP contribution in [0.2, 0.25) is 0 Å². The summed E-state index contributed by atoms with van der Waals surface area (Å²) in [7, 11) is 0. The molecule has 0 spiro atoms. The molecule has 1 aromatic rings. The molecule has 1 aliphatic heterocycles. The van der Waals surface area contributed by atoms with Gasteiger partial charge in [-0.1, -0.05) is 25.5 Å². The molecule has 26 heavy (non-hydrogen) atoms. The van der Waals surface area contributed by atoms with Crippen LogP contribution in [0.15, 0.2) is 16.6 Å². The van der Waals surface area contributed by atoms with Gasteiger partial charge < -0.3 is 9.84 Å². The summed E-state index contributed by atoms with van der Waals surface area (Å²) in [4.78, 5) is 37.8. The Morgan fingerprint density at radius 2 is 2.12 bits per heavy atom. The Kier molecular flexibility index (Phi) is 6.11. The Hall–Kier alpha value is -2.72. The number of aliphatic imine (C=N–C) groups is 1. The van der Waals surface area contributed by atoms with Gasteiger partial charge in [0.2, 0.25) is 6.08 Å². The van der Waals surface area contributed by atoms with E-state index in [9.17, 15) is 14.4 Å². The molecule has 0 radical (unpaired) electrons. The summed E-state index contributed by atoms with van der Waals surface area (Å²) in [5.41, 5.74) is 5.22. The van der Waals surface area contributed by atoms with Gasteiger partial charge in [0.05, 0.1) is 17.7 Å². The van der Waals surface area contributed by atoms with Crippen LogP contribution in [0, 0.1) is 12.8 Å². The summed E-state index contributed by atoms with van der Waals surface area (Å²) in [6, 6.07) is 0. The van der Waals surface area contributed by atoms with Crippen molar-refractivity contribution in [2.24, 2.45) is 10.9 Å². The highest BCUT2D eigenvalue weighted by Gasteiger charge is 2.31. The monoisotopic (exact) mass is 357 g/mol. The van der Waals surface area contributed by atoms with Crippen LogP contribution in [-0.4, -0.2) is 23.1 Å². The van der Waals surface area contributed by atoms with Gasteiger partial charge in [0.25, 0.3) is 0 Å². The molecule has 0 saturated heterocycles. The van der Waals surface area contributed by atoms with Gasteiger partial charge in [-0.3, -0.25) is 4.79 Å². The van der Waals surface area contributed by atoms with Crippen LogP contribution in [0.25, 0.3) is 0 Å². The van der Waals surface area contributed by atoms with Crippen molar-refractivity contribution in [2.75, 3.05) is 0 Å². The molecule has 0 aliphatic carbocycles. The molecule has 1 heterocycles. The molecule has 1 aliphatic rings. The lowest BCUT2D eigenvalue weighted by atomic mass is 9.87. The molecule has 138 valence electrons. The Morgan fingerprint density at radius 3 is 2.69 bits per heavy atom. The van der Waals surface area contributed by atoms with E-state index in [0.29, 0.717) is 17.7 Å². The maximum atomic E-state index is 12.1. The minimum atomic E-state index is -0.845. The van der Waals surface area contributed by atoms with Crippen LogP contribution >= 0.6 is 0 Å². The number of isocyanates is 1. The summed E-state index contributed by atoms with van der Waals surface area (Å²) in [6.07, 6.45) is 4.73. The van der Waals surface area contributed by atoms with Gasteiger partial charge in [-0.2, -0.15) is 4.99 Å². The average Bonchev–Trinajstić information content (AvgIpc) is 2.97. The van der Waals surface area contributed by atoms with Crippen LogP contribution in [0.3, 0.4) is 0 Å². The number of hydrogen-bond acceptors (Lipinski definition) is 5. The van der Waals surface area contributed by atoms with E-state index in [4.69, 9.17) is 9.84 Å². The molecule has 1 aromatic carbocycles. The molecule has 2 rings (SSSR count). The maximum Gasteiger partial charge on any atom is 0.341 e.